The minimum absolute atomic E-state index is 0. The second-order valence-electron chi connectivity index (χ2n) is 7.51. The Balaban J connectivity index is 0.00000261. The molecular weight excluding hydrogens is 453 g/mol. The van der Waals surface area contributed by atoms with Crippen LogP contribution >= 0.6 is 0 Å². The first-order chi connectivity index (χ1) is 12.6. The number of piperazine rings is 3. The summed E-state index contributed by atoms with van der Waals surface area (Å²) in [7, 11) is 0. The minimum atomic E-state index is -0.0475. The standard InChI is InChI=1S/C19H32N7.HI/c20-18(21)23-19(22)25(9-7-17-5-2-1-3-6-17)8-4-13-26-14-10-24(11-15-26)12-16-26;/h1-3,5-6H,4,7-16H2,(H5,20,21,22,23);1H/q+1;/p-1. The maximum atomic E-state index is 8.23. The van der Waals surface area contributed by atoms with Gasteiger partial charge < -0.3 is 44.8 Å². The van der Waals surface area contributed by atoms with E-state index in [1.165, 1.54) is 55.9 Å². The number of nitrogens with two attached hydrogens (primary N) is 2. The van der Waals surface area contributed by atoms with Crippen LogP contribution in [0.5, 0.6) is 0 Å². The van der Waals surface area contributed by atoms with E-state index in [0.29, 0.717) is 0 Å². The predicted molar refractivity (Wildman–Crippen MR) is 106 cm³/mol. The second kappa shape index (κ2) is 10.2. The largest absolute Gasteiger partial charge is 1.00 e. The molecule has 3 aliphatic heterocycles. The van der Waals surface area contributed by atoms with Crippen molar-refractivity contribution in [1.29, 1.82) is 5.41 Å². The number of nitrogens with zero attached hydrogens (tertiary/aromatic N) is 4. The smallest absolute Gasteiger partial charge is 0.221 e. The van der Waals surface area contributed by atoms with Gasteiger partial charge >= 0.3 is 0 Å². The Kier molecular flexibility index (Phi) is 8.30. The lowest BCUT2D eigenvalue weighted by Gasteiger charge is -2.50. The van der Waals surface area contributed by atoms with Crippen LogP contribution in [0.2, 0.25) is 0 Å². The number of halogens is 1. The first-order valence-electron chi connectivity index (χ1n) is 9.61. The SMILES string of the molecule is N=C(N=C(N)N)N(CCC[N+]12CCN(CC1)CC2)CCc1ccccc1.[I-]. The van der Waals surface area contributed by atoms with E-state index >= 15 is 0 Å². The number of rotatable bonds is 7. The van der Waals surface area contributed by atoms with Crippen molar-refractivity contribution < 1.29 is 28.5 Å². The lowest BCUT2D eigenvalue weighted by Crippen LogP contribution is -3.00. The molecule has 3 heterocycles. The fraction of sp³-hybridized carbons (Fsp3) is 0.579. The van der Waals surface area contributed by atoms with Crippen molar-refractivity contribution in [3.8, 4) is 0 Å². The van der Waals surface area contributed by atoms with Gasteiger partial charge in [0.15, 0.2) is 5.96 Å². The Morgan fingerprint density at radius 1 is 1.07 bits per heavy atom. The van der Waals surface area contributed by atoms with Crippen molar-refractivity contribution >= 4 is 11.9 Å². The summed E-state index contributed by atoms with van der Waals surface area (Å²) in [6.07, 6.45) is 1.95. The molecule has 1 aromatic rings. The first-order valence-corrected chi connectivity index (χ1v) is 9.61. The second-order valence-corrected chi connectivity index (χ2v) is 7.51. The van der Waals surface area contributed by atoms with Crippen LogP contribution in [0, 0.1) is 5.41 Å². The van der Waals surface area contributed by atoms with Gasteiger partial charge in [-0.25, -0.2) is 0 Å². The third-order valence-electron chi connectivity index (χ3n) is 5.78. The third-order valence-corrected chi connectivity index (χ3v) is 5.78. The molecule has 4 rings (SSSR count). The number of hydrogen-bond acceptors (Lipinski definition) is 2. The van der Waals surface area contributed by atoms with E-state index in [-0.39, 0.29) is 35.9 Å². The van der Waals surface area contributed by atoms with Crippen molar-refractivity contribution in [2.45, 2.75) is 12.8 Å². The van der Waals surface area contributed by atoms with E-state index in [0.717, 1.165) is 25.9 Å². The topological polar surface area (TPSA) is 94.7 Å². The Labute approximate surface area is 179 Å². The monoisotopic (exact) mass is 485 g/mol. The van der Waals surface area contributed by atoms with Crippen molar-refractivity contribution in [2.75, 3.05) is 58.9 Å². The van der Waals surface area contributed by atoms with E-state index in [2.05, 4.69) is 22.0 Å². The van der Waals surface area contributed by atoms with Crippen LogP contribution in [0.1, 0.15) is 12.0 Å². The minimum Gasteiger partial charge on any atom is -1.00 e. The summed E-state index contributed by atoms with van der Waals surface area (Å²) in [6.45, 7) is 10.3. The summed E-state index contributed by atoms with van der Waals surface area (Å²) in [5, 5.41) is 8.23. The van der Waals surface area contributed by atoms with E-state index in [1.807, 2.05) is 23.1 Å². The van der Waals surface area contributed by atoms with Gasteiger partial charge in [0, 0.05) is 39.1 Å². The highest BCUT2D eigenvalue weighted by molar-refractivity contribution is 5.91. The van der Waals surface area contributed by atoms with E-state index in [4.69, 9.17) is 16.9 Å². The molecule has 3 aliphatic rings. The lowest BCUT2D eigenvalue weighted by atomic mass is 10.1. The molecule has 1 aromatic carbocycles. The normalized spacial score (nSPS) is 23.3. The van der Waals surface area contributed by atoms with Crippen molar-refractivity contribution in [1.82, 2.24) is 9.80 Å². The fourth-order valence-corrected chi connectivity index (χ4v) is 4.09. The van der Waals surface area contributed by atoms with Gasteiger partial charge in [0.1, 0.15) is 0 Å². The molecule has 0 unspecified atom stereocenters. The van der Waals surface area contributed by atoms with Gasteiger partial charge in [-0.3, -0.25) is 10.3 Å². The van der Waals surface area contributed by atoms with Gasteiger partial charge in [-0.1, -0.05) is 30.3 Å². The van der Waals surface area contributed by atoms with Crippen molar-refractivity contribution in [3.63, 3.8) is 0 Å². The molecule has 0 atom stereocenters. The summed E-state index contributed by atoms with van der Waals surface area (Å²) in [5.74, 6) is 0.123. The van der Waals surface area contributed by atoms with Crippen molar-refractivity contribution in [2.24, 2.45) is 16.5 Å². The molecule has 0 aliphatic carbocycles. The molecule has 3 saturated heterocycles. The quantitative estimate of drug-likeness (QED) is 0.169. The summed E-state index contributed by atoms with van der Waals surface area (Å²) in [5.41, 5.74) is 12.2. The zero-order valence-electron chi connectivity index (χ0n) is 16.0. The predicted octanol–water partition coefficient (Wildman–Crippen LogP) is -2.72. The summed E-state index contributed by atoms with van der Waals surface area (Å²) < 4.78 is 1.25. The fourth-order valence-electron chi connectivity index (χ4n) is 4.09. The van der Waals surface area contributed by atoms with E-state index < -0.39 is 0 Å². The Morgan fingerprint density at radius 3 is 2.30 bits per heavy atom. The molecule has 150 valence electrons. The number of guanidine groups is 2. The molecule has 27 heavy (non-hydrogen) atoms. The summed E-state index contributed by atoms with van der Waals surface area (Å²) in [6, 6.07) is 10.4. The van der Waals surface area contributed by atoms with Crippen molar-refractivity contribution in [3.05, 3.63) is 35.9 Å². The van der Waals surface area contributed by atoms with Crippen LogP contribution in [0.25, 0.3) is 0 Å². The molecule has 8 heteroatoms. The maximum Gasteiger partial charge on any atom is 0.221 e. The molecule has 2 bridgehead atoms. The van der Waals surface area contributed by atoms with Gasteiger partial charge in [-0.2, -0.15) is 4.99 Å². The molecule has 3 fully saturated rings. The summed E-state index contributed by atoms with van der Waals surface area (Å²) >= 11 is 0. The number of aliphatic imine (C=N–C) groups is 1. The van der Waals surface area contributed by atoms with Crippen LogP contribution < -0.4 is 35.4 Å². The highest BCUT2D eigenvalue weighted by Gasteiger charge is 2.37. The average molecular weight is 485 g/mol. The zero-order chi connectivity index (χ0) is 18.4. The molecular formula is C19H32IN7. The Morgan fingerprint density at radius 2 is 1.70 bits per heavy atom. The van der Waals surface area contributed by atoms with Crippen LogP contribution in [0.4, 0.5) is 0 Å². The highest BCUT2D eigenvalue weighted by Crippen LogP contribution is 2.20. The van der Waals surface area contributed by atoms with Crippen LogP contribution in [-0.2, 0) is 6.42 Å². The molecule has 7 nitrogen and oxygen atoms in total. The highest BCUT2D eigenvalue weighted by atomic mass is 127. The molecule has 5 N–H and O–H groups in total. The molecule has 0 radical (unpaired) electrons. The average Bonchev–Trinajstić information content (AvgIpc) is 2.66. The number of fused-ring (bicyclic) bond motifs is 3. The number of benzene rings is 1. The molecule has 0 amide bonds. The number of hydrogen-bond donors (Lipinski definition) is 3. The Hall–Kier alpha value is -1.39. The third kappa shape index (κ3) is 6.32. The van der Waals surface area contributed by atoms with Gasteiger partial charge in [0.2, 0.25) is 5.96 Å². The van der Waals surface area contributed by atoms with Gasteiger partial charge in [-0.05, 0) is 12.0 Å². The van der Waals surface area contributed by atoms with E-state index in [9.17, 15) is 0 Å². The van der Waals surface area contributed by atoms with Gasteiger partial charge in [0.05, 0.1) is 26.2 Å². The first kappa shape index (κ1) is 21.9. The lowest BCUT2D eigenvalue weighted by molar-refractivity contribution is -0.941. The van der Waals surface area contributed by atoms with Gasteiger partial charge in [0.25, 0.3) is 0 Å². The molecule has 0 aromatic heterocycles. The van der Waals surface area contributed by atoms with Crippen LogP contribution in [0.3, 0.4) is 0 Å². The maximum absolute atomic E-state index is 8.23. The molecule has 0 spiro atoms. The molecule has 0 saturated carbocycles. The van der Waals surface area contributed by atoms with Crippen LogP contribution in [0.15, 0.2) is 35.3 Å². The number of nitrogens with one attached hydrogen (secondary N) is 1. The van der Waals surface area contributed by atoms with Crippen LogP contribution in [-0.4, -0.2) is 85.1 Å². The zero-order valence-corrected chi connectivity index (χ0v) is 18.1. The van der Waals surface area contributed by atoms with Gasteiger partial charge in [-0.15, -0.1) is 0 Å². The van der Waals surface area contributed by atoms with E-state index in [1.54, 1.807) is 0 Å². The summed E-state index contributed by atoms with van der Waals surface area (Å²) in [4.78, 5) is 8.55. The Bertz CT molecular complexity index is 608. The number of quaternary nitrogens is 1.